The average Bonchev–Trinajstić information content (AvgIpc) is 3.05. The van der Waals surface area contributed by atoms with Crippen molar-refractivity contribution in [2.75, 3.05) is 17.6 Å². The molecule has 5 nitrogen and oxygen atoms in total. The fraction of sp³-hybridized carbons (Fsp3) is 0.556. The van der Waals surface area contributed by atoms with E-state index < -0.39 is 18.3 Å². The quantitative estimate of drug-likeness (QED) is 0.831. The Morgan fingerprint density at radius 3 is 2.68 bits per heavy atom. The maximum absolute atomic E-state index is 11.5. The molecule has 3 rings (SSSR count). The number of fused-ring (bicyclic) bond motifs is 1. The molecule has 0 aliphatic carbocycles. The molecule has 0 atom stereocenters. The van der Waals surface area contributed by atoms with Gasteiger partial charge in [0.15, 0.2) is 5.12 Å². The molecule has 25 heavy (non-hydrogen) atoms. The summed E-state index contributed by atoms with van der Waals surface area (Å²) in [6.07, 6.45) is 4.88. The van der Waals surface area contributed by atoms with Crippen LogP contribution in [0.15, 0.2) is 17.7 Å². The molecule has 0 saturated carbocycles. The predicted molar refractivity (Wildman–Crippen MR) is 104 cm³/mol. The summed E-state index contributed by atoms with van der Waals surface area (Å²) >= 11 is 1.27. The van der Waals surface area contributed by atoms with Crippen LogP contribution in [0.1, 0.15) is 45.7 Å². The molecule has 7 heteroatoms. The van der Waals surface area contributed by atoms with E-state index >= 15 is 0 Å². The summed E-state index contributed by atoms with van der Waals surface area (Å²) < 4.78 is 12.4. The third-order valence-electron chi connectivity index (χ3n) is 5.02. The van der Waals surface area contributed by atoms with E-state index in [0.717, 1.165) is 29.8 Å². The van der Waals surface area contributed by atoms with Crippen LogP contribution in [0.25, 0.3) is 6.08 Å². The van der Waals surface area contributed by atoms with Gasteiger partial charge in [0.1, 0.15) is 5.82 Å². The molecule has 1 saturated heterocycles. The molecule has 134 valence electrons. The first-order valence-corrected chi connectivity index (χ1v) is 9.59. The van der Waals surface area contributed by atoms with Gasteiger partial charge in [0, 0.05) is 25.4 Å². The highest BCUT2D eigenvalue weighted by molar-refractivity contribution is 8.13. The van der Waals surface area contributed by atoms with Gasteiger partial charge >= 0.3 is 7.12 Å². The Kier molecular flexibility index (Phi) is 5.01. The third kappa shape index (κ3) is 3.94. The zero-order chi connectivity index (χ0) is 18.2. The minimum absolute atomic E-state index is 0.0821. The van der Waals surface area contributed by atoms with E-state index in [2.05, 4.69) is 16.4 Å². The summed E-state index contributed by atoms with van der Waals surface area (Å²) in [6, 6.07) is 2.14. The van der Waals surface area contributed by atoms with Gasteiger partial charge in [0.2, 0.25) is 0 Å². The number of aromatic nitrogens is 1. The van der Waals surface area contributed by atoms with Crippen molar-refractivity contribution in [1.82, 2.24) is 4.98 Å². The first kappa shape index (κ1) is 18.5. The number of pyridine rings is 1. The SMILES string of the molecule is CC(=O)SCC(=Cc1cnc2c(c1)CCN2)B1OC(C)(C)C(C)(C)O1. The Labute approximate surface area is 154 Å². The van der Waals surface area contributed by atoms with Gasteiger partial charge in [-0.05, 0) is 56.8 Å². The van der Waals surface area contributed by atoms with Gasteiger partial charge in [-0.2, -0.15) is 0 Å². The number of carbonyl (C=O) groups excluding carboxylic acids is 1. The molecule has 0 amide bonds. The first-order chi connectivity index (χ1) is 11.7. The van der Waals surface area contributed by atoms with Crippen molar-refractivity contribution < 1.29 is 14.1 Å². The molecule has 0 aromatic carbocycles. The van der Waals surface area contributed by atoms with Gasteiger partial charge in [-0.1, -0.05) is 17.8 Å². The molecule has 0 bridgehead atoms. The van der Waals surface area contributed by atoms with Crippen LogP contribution >= 0.6 is 11.8 Å². The Hall–Kier alpha value is -1.31. The molecular formula is C18H25BN2O3S. The number of nitrogens with zero attached hydrogens (tertiary/aromatic N) is 1. The molecule has 3 heterocycles. The van der Waals surface area contributed by atoms with Gasteiger partial charge in [-0.25, -0.2) is 4.98 Å². The molecule has 2 aliphatic heterocycles. The van der Waals surface area contributed by atoms with Crippen LogP contribution in [0.2, 0.25) is 0 Å². The van der Waals surface area contributed by atoms with Crippen LogP contribution in [-0.4, -0.2) is 40.7 Å². The van der Waals surface area contributed by atoms with Crippen molar-refractivity contribution in [3.05, 3.63) is 28.9 Å². The van der Waals surface area contributed by atoms with Crippen LogP contribution in [0.5, 0.6) is 0 Å². The second-order valence-electron chi connectivity index (χ2n) is 7.54. The molecule has 1 fully saturated rings. The zero-order valence-corrected chi connectivity index (χ0v) is 16.3. The lowest BCUT2D eigenvalue weighted by Crippen LogP contribution is -2.41. The summed E-state index contributed by atoms with van der Waals surface area (Å²) in [5.41, 5.74) is 2.37. The summed E-state index contributed by atoms with van der Waals surface area (Å²) in [5, 5.41) is 3.35. The number of rotatable bonds is 4. The Bertz CT molecular complexity index is 702. The number of nitrogens with one attached hydrogen (secondary N) is 1. The van der Waals surface area contributed by atoms with Crippen molar-refractivity contribution in [3.63, 3.8) is 0 Å². The van der Waals surface area contributed by atoms with Gasteiger partial charge in [-0.3, -0.25) is 4.79 Å². The summed E-state index contributed by atoms with van der Waals surface area (Å²) in [5.74, 6) is 1.51. The van der Waals surface area contributed by atoms with E-state index in [1.54, 1.807) is 6.92 Å². The molecular weight excluding hydrogens is 335 g/mol. The second-order valence-corrected chi connectivity index (χ2v) is 8.69. The zero-order valence-electron chi connectivity index (χ0n) is 15.5. The van der Waals surface area contributed by atoms with Crippen LogP contribution in [0.3, 0.4) is 0 Å². The highest BCUT2D eigenvalue weighted by atomic mass is 32.2. The van der Waals surface area contributed by atoms with Crippen molar-refractivity contribution in [2.45, 2.75) is 52.2 Å². The lowest BCUT2D eigenvalue weighted by Gasteiger charge is -2.32. The third-order valence-corrected chi connectivity index (χ3v) is 5.91. The topological polar surface area (TPSA) is 60.5 Å². The minimum Gasteiger partial charge on any atom is -0.400 e. The van der Waals surface area contributed by atoms with Crippen LogP contribution < -0.4 is 5.32 Å². The van der Waals surface area contributed by atoms with E-state index in [1.807, 2.05) is 40.0 Å². The molecule has 0 unspecified atom stereocenters. The highest BCUT2D eigenvalue weighted by Gasteiger charge is 2.52. The number of thioether (sulfide) groups is 1. The van der Waals surface area contributed by atoms with Crippen LogP contribution in [-0.2, 0) is 20.5 Å². The van der Waals surface area contributed by atoms with Crippen LogP contribution in [0, 0.1) is 0 Å². The standard InChI is InChI=1S/C18H25BN2O3S/c1-12(22)25-11-15(19-23-17(2,3)18(4,5)24-19)9-13-8-14-6-7-20-16(14)21-10-13/h8-10H,6-7,11H2,1-5H3,(H,20,21). The van der Waals surface area contributed by atoms with Crippen molar-refractivity contribution in [3.8, 4) is 0 Å². The first-order valence-electron chi connectivity index (χ1n) is 8.60. The highest BCUT2D eigenvalue weighted by Crippen LogP contribution is 2.39. The lowest BCUT2D eigenvalue weighted by atomic mass is 9.78. The van der Waals surface area contributed by atoms with Gasteiger partial charge in [0.25, 0.3) is 0 Å². The van der Waals surface area contributed by atoms with E-state index in [1.165, 1.54) is 17.3 Å². The maximum atomic E-state index is 11.5. The van der Waals surface area contributed by atoms with E-state index in [9.17, 15) is 4.79 Å². The monoisotopic (exact) mass is 360 g/mol. The van der Waals surface area contributed by atoms with E-state index in [4.69, 9.17) is 9.31 Å². The number of hydrogen-bond donors (Lipinski definition) is 1. The van der Waals surface area contributed by atoms with Gasteiger partial charge < -0.3 is 14.6 Å². The summed E-state index contributed by atoms with van der Waals surface area (Å²) in [6.45, 7) is 10.6. The smallest absolute Gasteiger partial charge is 0.400 e. The van der Waals surface area contributed by atoms with E-state index in [-0.39, 0.29) is 5.12 Å². The number of hydrogen-bond acceptors (Lipinski definition) is 6. The Morgan fingerprint density at radius 2 is 2.04 bits per heavy atom. The lowest BCUT2D eigenvalue weighted by molar-refractivity contribution is -0.109. The Balaban J connectivity index is 1.88. The minimum atomic E-state index is -0.455. The predicted octanol–water partition coefficient (Wildman–Crippen LogP) is 3.34. The summed E-state index contributed by atoms with van der Waals surface area (Å²) in [7, 11) is -0.455. The molecule has 1 N–H and O–H groups in total. The molecule has 1 aromatic heterocycles. The fourth-order valence-corrected chi connectivity index (χ4v) is 3.43. The molecule has 0 radical (unpaired) electrons. The normalized spacial score (nSPS) is 21.2. The van der Waals surface area contributed by atoms with Crippen molar-refractivity contribution >= 4 is 35.9 Å². The fourth-order valence-electron chi connectivity index (χ4n) is 2.84. The van der Waals surface area contributed by atoms with Crippen molar-refractivity contribution in [1.29, 1.82) is 0 Å². The second kappa shape index (κ2) is 6.78. The number of carbonyl (C=O) groups is 1. The average molecular weight is 360 g/mol. The Morgan fingerprint density at radius 1 is 1.36 bits per heavy atom. The van der Waals surface area contributed by atoms with E-state index in [0.29, 0.717) is 5.75 Å². The van der Waals surface area contributed by atoms with Crippen molar-refractivity contribution in [2.24, 2.45) is 0 Å². The molecule has 0 spiro atoms. The number of anilines is 1. The van der Waals surface area contributed by atoms with Gasteiger partial charge in [-0.15, -0.1) is 0 Å². The maximum Gasteiger partial charge on any atom is 0.491 e. The molecule has 2 aliphatic rings. The van der Waals surface area contributed by atoms with Crippen LogP contribution in [0.4, 0.5) is 5.82 Å². The summed E-state index contributed by atoms with van der Waals surface area (Å²) in [4.78, 5) is 15.9. The largest absolute Gasteiger partial charge is 0.491 e. The molecule has 1 aromatic rings. The van der Waals surface area contributed by atoms with Gasteiger partial charge in [0.05, 0.1) is 11.2 Å².